The van der Waals surface area contributed by atoms with Gasteiger partial charge in [0.25, 0.3) is 0 Å². The largest absolute Gasteiger partial charge is 0.353 e. The van der Waals surface area contributed by atoms with E-state index < -0.39 is 0 Å². The molecule has 0 unspecified atom stereocenters. The van der Waals surface area contributed by atoms with Crippen LogP contribution in [0.5, 0.6) is 0 Å². The van der Waals surface area contributed by atoms with Crippen molar-refractivity contribution < 1.29 is 4.79 Å². The fourth-order valence-corrected chi connectivity index (χ4v) is 3.84. The highest BCUT2D eigenvalue weighted by Gasteiger charge is 2.24. The molecule has 1 saturated carbocycles. The lowest BCUT2D eigenvalue weighted by Crippen LogP contribution is -2.50. The van der Waals surface area contributed by atoms with E-state index in [2.05, 4.69) is 26.1 Å². The summed E-state index contributed by atoms with van der Waals surface area (Å²) in [5.41, 5.74) is 0. The summed E-state index contributed by atoms with van der Waals surface area (Å²) in [6.07, 6.45) is 8.48. The number of aromatic nitrogens is 2. The number of amides is 1. The molecule has 1 amide bonds. The molecule has 2 heterocycles. The van der Waals surface area contributed by atoms with Crippen LogP contribution in [0.1, 0.15) is 39.0 Å². The Labute approximate surface area is 138 Å². The Kier molecular flexibility index (Phi) is 5.54. The Morgan fingerprint density at radius 1 is 1.26 bits per heavy atom. The first kappa shape index (κ1) is 16.3. The van der Waals surface area contributed by atoms with Crippen molar-refractivity contribution in [2.45, 2.75) is 45.1 Å². The van der Waals surface area contributed by atoms with Crippen LogP contribution in [-0.4, -0.2) is 71.2 Å². The van der Waals surface area contributed by atoms with Crippen LogP contribution in [0.15, 0.2) is 12.3 Å². The Bertz CT molecular complexity index is 475. The van der Waals surface area contributed by atoms with Gasteiger partial charge >= 0.3 is 0 Å². The van der Waals surface area contributed by atoms with E-state index in [4.69, 9.17) is 0 Å². The van der Waals surface area contributed by atoms with Gasteiger partial charge in [-0.3, -0.25) is 14.8 Å². The van der Waals surface area contributed by atoms with Gasteiger partial charge in [-0.1, -0.05) is 19.3 Å². The number of hydrogen-bond donors (Lipinski definition) is 1. The van der Waals surface area contributed by atoms with Crippen molar-refractivity contribution in [3.63, 3.8) is 0 Å². The van der Waals surface area contributed by atoms with Gasteiger partial charge in [0.05, 0.1) is 6.20 Å². The number of carbonyl (C=O) groups excluding carboxylic acids is 1. The van der Waals surface area contributed by atoms with Crippen molar-refractivity contribution in [1.29, 1.82) is 0 Å². The molecule has 0 atom stereocenters. The zero-order valence-corrected chi connectivity index (χ0v) is 14.2. The predicted octanol–water partition coefficient (Wildman–Crippen LogP) is 1.71. The molecule has 0 spiro atoms. The molecular weight excluding hydrogens is 290 g/mol. The lowest BCUT2D eigenvalue weighted by molar-refractivity contribution is -0.130. The number of aromatic amines is 1. The number of nitrogens with one attached hydrogen (secondary N) is 1. The Morgan fingerprint density at radius 2 is 2.00 bits per heavy atom. The second-order valence-electron chi connectivity index (χ2n) is 6.77. The summed E-state index contributed by atoms with van der Waals surface area (Å²) in [6.45, 7) is 7.46. The molecule has 0 bridgehead atoms. The zero-order chi connectivity index (χ0) is 16.1. The summed E-state index contributed by atoms with van der Waals surface area (Å²) in [7, 11) is 0. The summed E-state index contributed by atoms with van der Waals surface area (Å²) in [5.74, 6) is 1.35. The summed E-state index contributed by atoms with van der Waals surface area (Å²) in [5, 5.41) is 7.29. The van der Waals surface area contributed by atoms with Crippen LogP contribution in [0.2, 0.25) is 0 Å². The first-order chi connectivity index (χ1) is 11.2. The molecule has 2 aliphatic rings. The first-order valence-corrected chi connectivity index (χ1v) is 8.98. The minimum Gasteiger partial charge on any atom is -0.353 e. The summed E-state index contributed by atoms with van der Waals surface area (Å²) in [6, 6.07) is 2.73. The highest BCUT2D eigenvalue weighted by molar-refractivity contribution is 5.73. The van der Waals surface area contributed by atoms with Crippen molar-refractivity contribution in [2.75, 3.05) is 44.2 Å². The average Bonchev–Trinajstić information content (AvgIpc) is 3.11. The summed E-state index contributed by atoms with van der Waals surface area (Å²) >= 11 is 0. The van der Waals surface area contributed by atoms with Gasteiger partial charge in [-0.15, -0.1) is 0 Å². The van der Waals surface area contributed by atoms with Gasteiger partial charge in [-0.2, -0.15) is 5.10 Å². The van der Waals surface area contributed by atoms with E-state index in [0.29, 0.717) is 6.04 Å². The summed E-state index contributed by atoms with van der Waals surface area (Å²) < 4.78 is 0. The second kappa shape index (κ2) is 7.81. The predicted molar refractivity (Wildman–Crippen MR) is 91.5 cm³/mol. The van der Waals surface area contributed by atoms with Crippen molar-refractivity contribution >= 4 is 11.7 Å². The monoisotopic (exact) mass is 319 g/mol. The molecule has 1 aromatic rings. The van der Waals surface area contributed by atoms with Crippen LogP contribution in [-0.2, 0) is 4.79 Å². The van der Waals surface area contributed by atoms with Crippen LogP contribution < -0.4 is 4.90 Å². The van der Waals surface area contributed by atoms with Gasteiger partial charge in [0.15, 0.2) is 0 Å². The molecule has 0 radical (unpaired) electrons. The molecule has 6 heteroatoms. The molecule has 6 nitrogen and oxygen atoms in total. The molecule has 3 rings (SSSR count). The topological polar surface area (TPSA) is 55.5 Å². The molecule has 1 aliphatic carbocycles. The van der Waals surface area contributed by atoms with E-state index in [9.17, 15) is 4.79 Å². The van der Waals surface area contributed by atoms with Gasteiger partial charge in [-0.25, -0.2) is 0 Å². The Hall–Kier alpha value is -1.56. The van der Waals surface area contributed by atoms with Crippen molar-refractivity contribution in [2.24, 2.45) is 0 Å². The number of piperazine rings is 1. The molecule has 0 aromatic carbocycles. The fourth-order valence-electron chi connectivity index (χ4n) is 3.84. The number of anilines is 1. The van der Waals surface area contributed by atoms with Crippen LogP contribution in [0.3, 0.4) is 0 Å². The van der Waals surface area contributed by atoms with Crippen molar-refractivity contribution in [3.8, 4) is 0 Å². The summed E-state index contributed by atoms with van der Waals surface area (Å²) in [4.78, 5) is 18.4. The number of rotatable bonds is 5. The van der Waals surface area contributed by atoms with Crippen LogP contribution in [0.25, 0.3) is 0 Å². The molecule has 1 aromatic heterocycles. The smallest absolute Gasteiger partial charge is 0.219 e. The van der Waals surface area contributed by atoms with Gasteiger partial charge in [0.1, 0.15) is 5.82 Å². The lowest BCUT2D eigenvalue weighted by Gasteiger charge is -2.38. The Balaban J connectivity index is 1.54. The lowest BCUT2D eigenvalue weighted by atomic mass is 9.94. The third-order valence-corrected chi connectivity index (χ3v) is 5.29. The van der Waals surface area contributed by atoms with Crippen molar-refractivity contribution in [3.05, 3.63) is 12.3 Å². The van der Waals surface area contributed by atoms with E-state index >= 15 is 0 Å². The normalized spacial score (nSPS) is 20.7. The van der Waals surface area contributed by atoms with Crippen molar-refractivity contribution in [1.82, 2.24) is 20.0 Å². The molecule has 1 N–H and O–H groups in total. The number of carbonyl (C=O) groups is 1. The average molecular weight is 319 g/mol. The van der Waals surface area contributed by atoms with Crippen LogP contribution >= 0.6 is 0 Å². The highest BCUT2D eigenvalue weighted by atomic mass is 16.2. The van der Waals surface area contributed by atoms with Crippen LogP contribution in [0.4, 0.5) is 5.82 Å². The molecule has 1 saturated heterocycles. The van der Waals surface area contributed by atoms with E-state index in [1.165, 1.54) is 32.1 Å². The van der Waals surface area contributed by atoms with E-state index in [1.807, 2.05) is 11.1 Å². The number of H-pyrrole nitrogens is 1. The first-order valence-electron chi connectivity index (χ1n) is 8.98. The SMILES string of the molecule is CC(=O)N1CCN(CCN(c2ccn[nH]2)C2CCCCC2)CC1. The maximum absolute atomic E-state index is 11.4. The second-order valence-corrected chi connectivity index (χ2v) is 6.77. The molecule has 2 fully saturated rings. The van der Waals surface area contributed by atoms with Gasteiger partial charge in [0, 0.05) is 58.3 Å². The standard InChI is InChI=1S/C17H29N5O/c1-15(23)21-12-9-20(10-13-21)11-14-22(17-7-8-18-19-17)16-5-3-2-4-6-16/h7-8,16H,2-6,9-14H2,1H3,(H,18,19). The third-order valence-electron chi connectivity index (χ3n) is 5.29. The van der Waals surface area contributed by atoms with Gasteiger partial charge < -0.3 is 9.80 Å². The Morgan fingerprint density at radius 3 is 2.61 bits per heavy atom. The minimum atomic E-state index is 0.200. The van der Waals surface area contributed by atoms with Gasteiger partial charge in [0.2, 0.25) is 5.91 Å². The quantitative estimate of drug-likeness (QED) is 0.898. The highest BCUT2D eigenvalue weighted by Crippen LogP contribution is 2.26. The van der Waals surface area contributed by atoms with E-state index in [1.54, 1.807) is 6.92 Å². The fraction of sp³-hybridized carbons (Fsp3) is 0.765. The molecule has 1 aliphatic heterocycles. The maximum Gasteiger partial charge on any atom is 0.219 e. The van der Waals surface area contributed by atoms with E-state index in [0.717, 1.165) is 45.1 Å². The van der Waals surface area contributed by atoms with Gasteiger partial charge in [-0.05, 0) is 12.8 Å². The molecule has 23 heavy (non-hydrogen) atoms. The maximum atomic E-state index is 11.4. The van der Waals surface area contributed by atoms with Crippen LogP contribution in [0, 0.1) is 0 Å². The van der Waals surface area contributed by atoms with E-state index in [-0.39, 0.29) is 5.91 Å². The third kappa shape index (κ3) is 4.25. The molecular formula is C17H29N5O. The number of nitrogens with zero attached hydrogens (tertiary/aromatic N) is 4. The minimum absolute atomic E-state index is 0.200. The zero-order valence-electron chi connectivity index (χ0n) is 14.2. The number of hydrogen-bond acceptors (Lipinski definition) is 4. The molecule has 128 valence electrons.